The fraction of sp³-hybridized carbons (Fsp3) is 0.871. The van der Waals surface area contributed by atoms with Crippen LogP contribution in [-0.2, 0) is 28.5 Å². The predicted molar refractivity (Wildman–Crippen MR) is 148 cm³/mol. The molecule has 0 amide bonds. The number of carbonyl (C=O) groups excluding carboxylic acids is 2. The van der Waals surface area contributed by atoms with Crippen molar-refractivity contribution >= 4 is 24.0 Å². The summed E-state index contributed by atoms with van der Waals surface area (Å²) in [5.74, 6) is -0.765. The molecule has 4 saturated carbocycles. The number of esters is 1. The van der Waals surface area contributed by atoms with Crippen LogP contribution in [0.3, 0.4) is 0 Å². The van der Waals surface area contributed by atoms with Crippen LogP contribution in [0.25, 0.3) is 0 Å². The van der Waals surface area contributed by atoms with Gasteiger partial charge in [0.25, 0.3) is 0 Å². The standard InChI is InChI=1S/C31H43NO8S/c1-17-13-30(32-9-10-41-30)31(36)26(38-17)39-23-12-19-3-4-22-21(28(19,16-33)14-24(23)40-31)5-7-27(2)20(6-8-29(22,27)35)18-11-25(34)37-15-18/h11,16-17,19-24,26,32,35-36H,3-10,12-15H2,1-2H3/t17-,19?,20?,21?,22?,23?,24?,26?,27-,28-,29+,30?,31+/m0/s1. The SMILES string of the molecule is C[C@H]1CC2(NCCS2)[C@]2(O)OC3C[C@]4(C=O)C(CCC5C4CC[C@@]4(C)C(C6=CC(=O)OC6)CC[C@@]54O)CC3OC2O1. The molecule has 3 N–H and O–H groups in total. The van der Waals surface area contributed by atoms with E-state index in [1.54, 1.807) is 17.8 Å². The summed E-state index contributed by atoms with van der Waals surface area (Å²) in [6, 6.07) is 0. The van der Waals surface area contributed by atoms with Crippen molar-refractivity contribution in [1.29, 1.82) is 0 Å². The van der Waals surface area contributed by atoms with Crippen molar-refractivity contribution in [2.45, 2.75) is 112 Å². The number of nitrogens with one attached hydrogen (secondary N) is 1. The molecular weight excluding hydrogens is 546 g/mol. The number of aliphatic hydroxyl groups is 2. The number of cyclic esters (lactones) is 1. The van der Waals surface area contributed by atoms with Crippen molar-refractivity contribution in [2.24, 2.45) is 34.5 Å². The summed E-state index contributed by atoms with van der Waals surface area (Å²) in [6.07, 6.45) is 7.86. The van der Waals surface area contributed by atoms with Crippen LogP contribution in [0.2, 0.25) is 0 Å². The van der Waals surface area contributed by atoms with Gasteiger partial charge in [-0.15, -0.1) is 11.8 Å². The average molecular weight is 590 g/mol. The second-order valence-corrected chi connectivity index (χ2v) is 16.0. The van der Waals surface area contributed by atoms with E-state index in [1.165, 1.54) is 6.29 Å². The molecule has 41 heavy (non-hydrogen) atoms. The number of thioether (sulfide) groups is 1. The van der Waals surface area contributed by atoms with E-state index in [-0.39, 0.29) is 47.3 Å². The molecule has 7 fully saturated rings. The highest BCUT2D eigenvalue weighted by molar-refractivity contribution is 8.01. The van der Waals surface area contributed by atoms with E-state index in [0.29, 0.717) is 32.3 Å². The quantitative estimate of drug-likeness (QED) is 0.252. The number of aldehydes is 1. The largest absolute Gasteiger partial charge is 0.458 e. The van der Waals surface area contributed by atoms with Gasteiger partial charge in [-0.05, 0) is 87.5 Å². The molecule has 4 heterocycles. The first-order chi connectivity index (χ1) is 19.6. The minimum Gasteiger partial charge on any atom is -0.458 e. The fourth-order valence-corrected chi connectivity index (χ4v) is 12.6. The Balaban J connectivity index is 1.10. The maximum absolute atomic E-state index is 13.3. The van der Waals surface area contributed by atoms with Crippen LogP contribution in [-0.4, -0.2) is 82.2 Å². The van der Waals surface area contributed by atoms with Gasteiger partial charge in [-0.1, -0.05) is 6.92 Å². The van der Waals surface area contributed by atoms with E-state index in [2.05, 4.69) is 12.2 Å². The lowest BCUT2D eigenvalue weighted by Crippen LogP contribution is -2.76. The van der Waals surface area contributed by atoms with Gasteiger partial charge >= 0.3 is 5.97 Å². The monoisotopic (exact) mass is 589 g/mol. The molecule has 4 aliphatic heterocycles. The number of carbonyl (C=O) groups is 2. The second-order valence-electron chi connectivity index (χ2n) is 14.6. The van der Waals surface area contributed by atoms with E-state index in [4.69, 9.17) is 18.9 Å². The minimum absolute atomic E-state index is 0.000442. The Morgan fingerprint density at radius 3 is 2.66 bits per heavy atom. The lowest BCUT2D eigenvalue weighted by molar-refractivity contribution is -0.448. The van der Waals surface area contributed by atoms with Crippen molar-refractivity contribution in [3.63, 3.8) is 0 Å². The van der Waals surface area contributed by atoms with Crippen LogP contribution in [0.5, 0.6) is 0 Å². The summed E-state index contributed by atoms with van der Waals surface area (Å²) >= 11 is 1.68. The Labute approximate surface area is 245 Å². The molecule has 8 rings (SSSR count). The van der Waals surface area contributed by atoms with E-state index in [0.717, 1.165) is 50.0 Å². The Bertz CT molecular complexity index is 1170. The van der Waals surface area contributed by atoms with Gasteiger partial charge in [0.05, 0.1) is 23.9 Å². The van der Waals surface area contributed by atoms with Gasteiger partial charge in [-0.3, -0.25) is 5.32 Å². The van der Waals surface area contributed by atoms with Crippen molar-refractivity contribution in [2.75, 3.05) is 18.9 Å². The molecule has 0 bridgehead atoms. The van der Waals surface area contributed by atoms with Gasteiger partial charge in [-0.25, -0.2) is 4.79 Å². The number of hydrogen-bond acceptors (Lipinski definition) is 10. The van der Waals surface area contributed by atoms with Crippen molar-refractivity contribution in [3.05, 3.63) is 11.6 Å². The van der Waals surface area contributed by atoms with Gasteiger partial charge < -0.3 is 34.0 Å². The first-order valence-electron chi connectivity index (χ1n) is 15.7. The number of ether oxygens (including phenoxy) is 4. The molecule has 0 radical (unpaired) electrons. The van der Waals surface area contributed by atoms with Crippen LogP contribution < -0.4 is 5.32 Å². The third kappa shape index (κ3) is 3.47. The predicted octanol–water partition coefficient (Wildman–Crippen LogP) is 2.67. The maximum atomic E-state index is 13.3. The normalized spacial score (nSPS) is 57.6. The molecule has 226 valence electrons. The van der Waals surface area contributed by atoms with Crippen molar-refractivity contribution in [1.82, 2.24) is 5.32 Å². The number of rotatable bonds is 2. The molecule has 0 aromatic rings. The van der Waals surface area contributed by atoms with E-state index >= 15 is 0 Å². The highest BCUT2D eigenvalue weighted by Gasteiger charge is 2.72. The molecule has 8 aliphatic rings. The zero-order valence-corrected chi connectivity index (χ0v) is 24.8. The van der Waals surface area contributed by atoms with E-state index < -0.39 is 34.1 Å². The molecule has 0 aromatic carbocycles. The van der Waals surface area contributed by atoms with E-state index in [1.807, 2.05) is 6.92 Å². The summed E-state index contributed by atoms with van der Waals surface area (Å²) in [5, 5.41) is 28.2. The second kappa shape index (κ2) is 9.02. The van der Waals surface area contributed by atoms with Crippen molar-refractivity contribution in [3.8, 4) is 0 Å². The molecule has 4 aliphatic carbocycles. The Morgan fingerprint density at radius 1 is 1.07 bits per heavy atom. The van der Waals surface area contributed by atoms with Gasteiger partial charge in [0.2, 0.25) is 12.1 Å². The van der Waals surface area contributed by atoms with Crippen molar-refractivity contribution < 1.29 is 38.7 Å². The molecule has 13 atom stereocenters. The van der Waals surface area contributed by atoms with Crippen LogP contribution >= 0.6 is 11.8 Å². The molecule has 3 saturated heterocycles. The molecule has 10 heteroatoms. The first kappa shape index (κ1) is 27.5. The molecule has 9 nitrogen and oxygen atoms in total. The van der Waals surface area contributed by atoms with Crippen LogP contribution in [0.15, 0.2) is 11.6 Å². The topological polar surface area (TPSA) is 124 Å². The highest BCUT2D eigenvalue weighted by atomic mass is 32.2. The third-order valence-electron chi connectivity index (χ3n) is 13.1. The summed E-state index contributed by atoms with van der Waals surface area (Å²) in [4.78, 5) is 24.5. The fourth-order valence-electron chi connectivity index (χ4n) is 11.2. The Kier molecular flexibility index (Phi) is 6.06. The van der Waals surface area contributed by atoms with Crippen LogP contribution in [0, 0.1) is 34.5 Å². The summed E-state index contributed by atoms with van der Waals surface area (Å²) < 4.78 is 24.7. The summed E-state index contributed by atoms with van der Waals surface area (Å²) in [6.45, 7) is 5.32. The Hall–Kier alpha value is -1.01. The van der Waals surface area contributed by atoms with Gasteiger partial charge in [-0.2, -0.15) is 0 Å². The average Bonchev–Trinajstić information content (AvgIpc) is 3.65. The molecule has 0 aromatic heterocycles. The summed E-state index contributed by atoms with van der Waals surface area (Å²) in [5.41, 5.74) is -0.884. The molecule has 1 spiro atoms. The van der Waals surface area contributed by atoms with Gasteiger partial charge in [0, 0.05) is 35.6 Å². The minimum atomic E-state index is -1.65. The highest BCUT2D eigenvalue weighted by Crippen LogP contribution is 2.70. The maximum Gasteiger partial charge on any atom is 0.331 e. The Morgan fingerprint density at radius 2 is 1.93 bits per heavy atom. The molecule has 8 unspecified atom stereocenters. The number of fused-ring (bicyclic) bond motifs is 8. The smallest absolute Gasteiger partial charge is 0.331 e. The zero-order chi connectivity index (χ0) is 28.4. The summed E-state index contributed by atoms with van der Waals surface area (Å²) in [7, 11) is 0. The van der Waals surface area contributed by atoms with E-state index in [9.17, 15) is 19.8 Å². The first-order valence-corrected chi connectivity index (χ1v) is 16.7. The number of hydrogen-bond donors (Lipinski definition) is 3. The lowest BCUT2D eigenvalue weighted by atomic mass is 9.42. The third-order valence-corrected chi connectivity index (χ3v) is 14.6. The lowest BCUT2D eigenvalue weighted by Gasteiger charge is -2.65. The van der Waals surface area contributed by atoms with Gasteiger partial charge in [0.15, 0.2) is 0 Å². The van der Waals surface area contributed by atoms with Crippen LogP contribution in [0.4, 0.5) is 0 Å². The molecular formula is C31H43NO8S. The van der Waals surface area contributed by atoms with Crippen LogP contribution in [0.1, 0.15) is 71.6 Å². The zero-order valence-electron chi connectivity index (χ0n) is 24.0. The van der Waals surface area contributed by atoms with Gasteiger partial charge in [0.1, 0.15) is 17.8 Å².